The number of aromatic nitrogens is 3. The fourth-order valence-electron chi connectivity index (χ4n) is 1.43. The smallest absolute Gasteiger partial charge is 0.0783 e. The van der Waals surface area contributed by atoms with Gasteiger partial charge < -0.3 is 5.32 Å². The quantitative estimate of drug-likeness (QED) is 0.884. The summed E-state index contributed by atoms with van der Waals surface area (Å²) in [5.41, 5.74) is 2.00. The number of halogens is 1. The van der Waals surface area contributed by atoms with E-state index in [0.29, 0.717) is 0 Å². The lowest BCUT2D eigenvalue weighted by molar-refractivity contribution is 0.672. The van der Waals surface area contributed by atoms with Crippen molar-refractivity contribution in [3.8, 4) is 5.69 Å². The van der Waals surface area contributed by atoms with Crippen LogP contribution in [-0.2, 0) is 6.54 Å². The van der Waals surface area contributed by atoms with Gasteiger partial charge in [-0.3, -0.25) is 0 Å². The molecular weight excluding hydrogens is 224 g/mol. The first-order valence-corrected chi connectivity index (χ1v) is 5.55. The molecule has 0 amide bonds. The molecule has 0 bridgehead atoms. The molecule has 0 spiro atoms. The largest absolute Gasteiger partial charge is 0.311 e. The highest BCUT2D eigenvalue weighted by Crippen LogP contribution is 2.13. The Kier molecular flexibility index (Phi) is 3.54. The summed E-state index contributed by atoms with van der Waals surface area (Å²) in [5, 5.41) is 11.9. The summed E-state index contributed by atoms with van der Waals surface area (Å²) < 4.78 is 1.80. The van der Waals surface area contributed by atoms with Crippen LogP contribution in [0, 0.1) is 0 Å². The Balaban J connectivity index is 2.26. The highest BCUT2D eigenvalue weighted by Gasteiger charge is 2.04. The van der Waals surface area contributed by atoms with E-state index < -0.39 is 0 Å². The Morgan fingerprint density at radius 2 is 2.06 bits per heavy atom. The van der Waals surface area contributed by atoms with Gasteiger partial charge in [0.05, 0.1) is 17.6 Å². The Morgan fingerprint density at radius 1 is 1.31 bits per heavy atom. The summed E-state index contributed by atoms with van der Waals surface area (Å²) in [6, 6.07) is 7.53. The van der Waals surface area contributed by atoms with Crippen LogP contribution in [0.3, 0.4) is 0 Å². The van der Waals surface area contributed by atoms with E-state index in [-0.39, 0.29) is 0 Å². The molecule has 1 N–H and O–H groups in total. The summed E-state index contributed by atoms with van der Waals surface area (Å²) in [4.78, 5) is 0. The molecule has 0 unspecified atom stereocenters. The van der Waals surface area contributed by atoms with Gasteiger partial charge in [0, 0.05) is 11.6 Å². The van der Waals surface area contributed by atoms with Crippen molar-refractivity contribution in [1.29, 1.82) is 0 Å². The maximum absolute atomic E-state index is 5.84. The topological polar surface area (TPSA) is 42.7 Å². The van der Waals surface area contributed by atoms with Crippen molar-refractivity contribution in [2.75, 3.05) is 6.54 Å². The normalized spacial score (nSPS) is 10.6. The SMILES string of the molecule is CCNCc1cnnn1-c1ccc(Cl)cc1. The molecule has 2 aromatic rings. The Bertz CT molecular complexity index is 449. The standard InChI is InChI=1S/C11H13ClN4/c1-2-13-7-11-8-14-15-16(11)10-5-3-9(12)4-6-10/h3-6,8,13H,2,7H2,1H3. The summed E-state index contributed by atoms with van der Waals surface area (Å²) in [5.74, 6) is 0. The van der Waals surface area contributed by atoms with Crippen molar-refractivity contribution in [1.82, 2.24) is 20.3 Å². The molecule has 0 aliphatic heterocycles. The van der Waals surface area contributed by atoms with Gasteiger partial charge in [-0.05, 0) is 30.8 Å². The van der Waals surface area contributed by atoms with E-state index in [1.54, 1.807) is 10.9 Å². The highest BCUT2D eigenvalue weighted by atomic mass is 35.5. The molecule has 0 fully saturated rings. The Labute approximate surface area is 99.2 Å². The van der Waals surface area contributed by atoms with E-state index in [9.17, 15) is 0 Å². The molecule has 1 aromatic carbocycles. The average Bonchev–Trinajstić information content (AvgIpc) is 2.75. The molecule has 0 aliphatic carbocycles. The number of benzene rings is 1. The minimum absolute atomic E-state index is 0.720. The third-order valence-electron chi connectivity index (χ3n) is 2.25. The minimum atomic E-state index is 0.720. The first-order chi connectivity index (χ1) is 7.81. The number of nitrogens with zero attached hydrogens (tertiary/aromatic N) is 3. The number of rotatable bonds is 4. The van der Waals surface area contributed by atoms with Crippen LogP contribution in [0.25, 0.3) is 5.69 Å². The van der Waals surface area contributed by atoms with Gasteiger partial charge in [0.2, 0.25) is 0 Å². The van der Waals surface area contributed by atoms with Gasteiger partial charge in [-0.15, -0.1) is 5.10 Å². The van der Waals surface area contributed by atoms with E-state index >= 15 is 0 Å². The predicted molar refractivity (Wildman–Crippen MR) is 63.7 cm³/mol. The molecule has 1 aromatic heterocycles. The van der Waals surface area contributed by atoms with Crippen LogP contribution in [0.1, 0.15) is 12.6 Å². The second-order valence-electron chi connectivity index (χ2n) is 3.39. The first-order valence-electron chi connectivity index (χ1n) is 5.17. The molecule has 16 heavy (non-hydrogen) atoms. The van der Waals surface area contributed by atoms with E-state index in [1.807, 2.05) is 24.3 Å². The van der Waals surface area contributed by atoms with Crippen molar-refractivity contribution >= 4 is 11.6 Å². The minimum Gasteiger partial charge on any atom is -0.311 e. The van der Waals surface area contributed by atoms with Crippen molar-refractivity contribution in [3.63, 3.8) is 0 Å². The molecule has 0 radical (unpaired) electrons. The molecular formula is C11H13ClN4. The van der Waals surface area contributed by atoms with Crippen LogP contribution >= 0.6 is 11.6 Å². The number of hydrogen-bond acceptors (Lipinski definition) is 3. The van der Waals surface area contributed by atoms with Gasteiger partial charge in [0.25, 0.3) is 0 Å². The molecule has 84 valence electrons. The molecule has 0 atom stereocenters. The van der Waals surface area contributed by atoms with Crippen molar-refractivity contribution in [2.24, 2.45) is 0 Å². The predicted octanol–water partition coefficient (Wildman–Crippen LogP) is 2.03. The maximum atomic E-state index is 5.84. The summed E-state index contributed by atoms with van der Waals surface area (Å²) in [6.07, 6.45) is 1.76. The van der Waals surface area contributed by atoms with E-state index in [2.05, 4.69) is 22.6 Å². The van der Waals surface area contributed by atoms with E-state index in [0.717, 1.165) is 29.5 Å². The van der Waals surface area contributed by atoms with E-state index in [1.165, 1.54) is 0 Å². The zero-order chi connectivity index (χ0) is 11.4. The molecule has 1 heterocycles. The van der Waals surface area contributed by atoms with Crippen LogP contribution in [0.2, 0.25) is 5.02 Å². The maximum Gasteiger partial charge on any atom is 0.0783 e. The third-order valence-corrected chi connectivity index (χ3v) is 2.50. The first kappa shape index (κ1) is 11.1. The van der Waals surface area contributed by atoms with Gasteiger partial charge in [-0.2, -0.15) is 0 Å². The van der Waals surface area contributed by atoms with Crippen LogP contribution in [0.4, 0.5) is 0 Å². The second kappa shape index (κ2) is 5.09. The lowest BCUT2D eigenvalue weighted by Crippen LogP contribution is -2.15. The fourth-order valence-corrected chi connectivity index (χ4v) is 1.56. The molecule has 0 saturated heterocycles. The van der Waals surface area contributed by atoms with Gasteiger partial charge >= 0.3 is 0 Å². The van der Waals surface area contributed by atoms with Gasteiger partial charge in [-0.1, -0.05) is 23.7 Å². The van der Waals surface area contributed by atoms with Crippen LogP contribution in [-0.4, -0.2) is 21.5 Å². The average molecular weight is 237 g/mol. The van der Waals surface area contributed by atoms with E-state index in [4.69, 9.17) is 11.6 Å². The van der Waals surface area contributed by atoms with Crippen molar-refractivity contribution in [2.45, 2.75) is 13.5 Å². The Morgan fingerprint density at radius 3 is 2.75 bits per heavy atom. The second-order valence-corrected chi connectivity index (χ2v) is 3.83. The van der Waals surface area contributed by atoms with Crippen molar-refractivity contribution in [3.05, 3.63) is 41.2 Å². The van der Waals surface area contributed by atoms with Crippen LogP contribution < -0.4 is 5.32 Å². The zero-order valence-electron chi connectivity index (χ0n) is 9.02. The lowest BCUT2D eigenvalue weighted by Gasteiger charge is -2.06. The molecule has 4 nitrogen and oxygen atoms in total. The zero-order valence-corrected chi connectivity index (χ0v) is 9.78. The number of hydrogen-bond donors (Lipinski definition) is 1. The van der Waals surface area contributed by atoms with Crippen molar-refractivity contribution < 1.29 is 0 Å². The highest BCUT2D eigenvalue weighted by molar-refractivity contribution is 6.30. The third kappa shape index (κ3) is 2.40. The lowest BCUT2D eigenvalue weighted by atomic mass is 10.3. The summed E-state index contributed by atoms with van der Waals surface area (Å²) in [6.45, 7) is 3.74. The number of nitrogens with one attached hydrogen (secondary N) is 1. The van der Waals surface area contributed by atoms with Gasteiger partial charge in [0.15, 0.2) is 0 Å². The van der Waals surface area contributed by atoms with Gasteiger partial charge in [-0.25, -0.2) is 4.68 Å². The molecule has 0 aliphatic rings. The van der Waals surface area contributed by atoms with Gasteiger partial charge in [0.1, 0.15) is 0 Å². The summed E-state index contributed by atoms with van der Waals surface area (Å²) >= 11 is 5.84. The molecule has 2 rings (SSSR count). The monoisotopic (exact) mass is 236 g/mol. The van der Waals surface area contributed by atoms with Crippen LogP contribution in [0.5, 0.6) is 0 Å². The summed E-state index contributed by atoms with van der Waals surface area (Å²) in [7, 11) is 0. The molecule has 0 saturated carbocycles. The Hall–Kier alpha value is -1.39. The fraction of sp³-hybridized carbons (Fsp3) is 0.273. The molecule has 5 heteroatoms. The van der Waals surface area contributed by atoms with Crippen LogP contribution in [0.15, 0.2) is 30.5 Å².